The van der Waals surface area contributed by atoms with Crippen molar-refractivity contribution in [2.75, 3.05) is 14.7 Å². The van der Waals surface area contributed by atoms with Crippen molar-refractivity contribution < 1.29 is 13.3 Å². The minimum atomic E-state index is -0.198. The van der Waals surface area contributed by atoms with Gasteiger partial charge in [0.2, 0.25) is 0 Å². The Hall–Kier alpha value is -19.1. The van der Waals surface area contributed by atoms with Crippen molar-refractivity contribution in [2.45, 2.75) is 19.3 Å². The van der Waals surface area contributed by atoms with Gasteiger partial charge in [-0.15, -0.1) is 0 Å². The molecule has 28 rings (SSSR count). The van der Waals surface area contributed by atoms with E-state index in [2.05, 4.69) is 544 Å². The number of fused-ring (bicyclic) bond motifs is 15. The van der Waals surface area contributed by atoms with Crippen molar-refractivity contribution in [3.8, 4) is 100 Å². The van der Waals surface area contributed by atoms with E-state index in [4.69, 9.17) is 13.3 Å². The molecule has 0 aliphatic heterocycles. The molecule has 0 radical (unpaired) electrons. The van der Waals surface area contributed by atoms with Gasteiger partial charge in [0.1, 0.15) is 33.5 Å². The number of furan rings is 3. The van der Waals surface area contributed by atoms with E-state index in [-0.39, 0.29) is 5.41 Å². The molecule has 0 saturated heterocycles. The molecule has 147 heavy (non-hydrogen) atoms. The zero-order valence-corrected chi connectivity index (χ0v) is 81.1. The summed E-state index contributed by atoms with van der Waals surface area (Å²) in [5.41, 5.74) is 39.7. The third kappa shape index (κ3) is 16.8. The average Bonchev–Trinajstić information content (AvgIpc) is 1.57. The van der Waals surface area contributed by atoms with Gasteiger partial charge in [0, 0.05) is 88.9 Å². The van der Waals surface area contributed by atoms with Crippen molar-refractivity contribution in [3.05, 3.63) is 563 Å². The first-order valence-corrected chi connectivity index (χ1v) is 50.3. The van der Waals surface area contributed by atoms with Crippen molar-refractivity contribution in [1.82, 2.24) is 0 Å². The van der Waals surface area contributed by atoms with Gasteiger partial charge in [-0.2, -0.15) is 0 Å². The van der Waals surface area contributed by atoms with Gasteiger partial charge in [0.15, 0.2) is 0 Å². The quantitative estimate of drug-likeness (QED) is 0.0905. The number of hydrogen-bond donors (Lipinski definition) is 0. The molecule has 0 bridgehead atoms. The fourth-order valence-electron chi connectivity index (χ4n) is 21.9. The van der Waals surface area contributed by atoms with Crippen molar-refractivity contribution in [1.29, 1.82) is 0 Å². The molecular formula is C141H97N3O3. The molecule has 1 aliphatic carbocycles. The maximum absolute atomic E-state index is 6.19. The van der Waals surface area contributed by atoms with Crippen LogP contribution in [0.4, 0.5) is 51.2 Å². The topological polar surface area (TPSA) is 49.1 Å². The Bertz CT molecular complexity index is 9510. The standard InChI is InChI=1S/C53H37NO.C46H31NO.C42H29NO/c1-53(2)49-32-39(38-22-29-52-48(31-38)47-15-7-8-17-51(47)55-52)21-27-45(49)46-28-26-42(33-50(46)53)54(41-25-18-34-10-3-4-12-37(34)30-41)40-23-19-36(20-24-40)44-16-9-13-35-11-5-6-14-43(35)44;1-2-9-32(10-3-1)33-17-24-38(25-18-33)47(40-28-21-36(22-29-40)42-15-8-12-35-11-4-5-13-41(35)42)39-26-19-34(20-27-39)37-23-30-44-43-14-6-7-16-45(43)48-46(44)31-37;1-3-10-30(11-4-1)32-18-23-36(24-19-32)43(37-25-20-33(21-26-37)31-12-5-2-6-13-31)38-15-9-14-34(28-38)35-22-27-42-40(29-35)39-16-7-8-17-41(39)44-42/h3-33H,1-2H3;1-31H;1-29H. The van der Waals surface area contributed by atoms with E-state index in [1.807, 2.05) is 36.4 Å². The highest BCUT2D eigenvalue weighted by Crippen LogP contribution is 2.54. The van der Waals surface area contributed by atoms with E-state index in [9.17, 15) is 0 Å². The summed E-state index contributed by atoms with van der Waals surface area (Å²) in [6.45, 7) is 4.74. The molecule has 0 N–H and O–H groups in total. The molecule has 3 heterocycles. The van der Waals surface area contributed by atoms with Gasteiger partial charge >= 0.3 is 0 Å². The summed E-state index contributed by atoms with van der Waals surface area (Å²) < 4.78 is 18.4. The number of benzene rings is 24. The van der Waals surface area contributed by atoms with E-state index >= 15 is 0 Å². The van der Waals surface area contributed by atoms with Crippen LogP contribution in [-0.2, 0) is 5.41 Å². The van der Waals surface area contributed by atoms with E-state index < -0.39 is 0 Å². The Morgan fingerprint density at radius 2 is 0.408 bits per heavy atom. The van der Waals surface area contributed by atoms with E-state index in [0.717, 1.165) is 139 Å². The highest BCUT2D eigenvalue weighted by atomic mass is 16.3. The van der Waals surface area contributed by atoms with Crippen LogP contribution in [0.15, 0.2) is 565 Å². The van der Waals surface area contributed by atoms with Crippen molar-refractivity contribution >= 4 is 149 Å². The number of nitrogens with zero attached hydrogens (tertiary/aromatic N) is 3. The summed E-state index contributed by atoms with van der Waals surface area (Å²) in [6, 6.07) is 198. The third-order valence-electron chi connectivity index (χ3n) is 29.4. The Morgan fingerprint density at radius 3 is 0.884 bits per heavy atom. The van der Waals surface area contributed by atoms with Crippen LogP contribution in [0.2, 0.25) is 0 Å². The Morgan fingerprint density at radius 1 is 0.136 bits per heavy atom. The van der Waals surface area contributed by atoms with Crippen molar-refractivity contribution in [2.24, 2.45) is 0 Å². The first-order valence-electron chi connectivity index (χ1n) is 50.3. The van der Waals surface area contributed by atoms with Crippen molar-refractivity contribution in [3.63, 3.8) is 0 Å². The predicted molar refractivity (Wildman–Crippen MR) is 619 cm³/mol. The zero-order chi connectivity index (χ0) is 97.8. The van der Waals surface area contributed by atoms with Gasteiger partial charge in [-0.3, -0.25) is 0 Å². The predicted octanol–water partition coefficient (Wildman–Crippen LogP) is 40.3. The third-order valence-corrected chi connectivity index (χ3v) is 29.4. The lowest BCUT2D eigenvalue weighted by Crippen LogP contribution is -2.16. The lowest BCUT2D eigenvalue weighted by Gasteiger charge is -2.28. The van der Waals surface area contributed by atoms with Gasteiger partial charge in [-0.05, 0) is 313 Å². The fourth-order valence-corrected chi connectivity index (χ4v) is 21.9. The fraction of sp³-hybridized carbons (Fsp3) is 0.0213. The molecule has 0 amide bonds. The highest BCUT2D eigenvalue weighted by Gasteiger charge is 2.37. The van der Waals surface area contributed by atoms with Gasteiger partial charge in [-0.1, -0.05) is 396 Å². The van der Waals surface area contributed by atoms with Gasteiger partial charge in [0.25, 0.3) is 0 Å². The second kappa shape index (κ2) is 37.7. The second-order valence-corrected chi connectivity index (χ2v) is 38.6. The minimum absolute atomic E-state index is 0.198. The lowest BCUT2D eigenvalue weighted by atomic mass is 9.81. The van der Waals surface area contributed by atoms with E-state index in [1.54, 1.807) is 0 Å². The lowest BCUT2D eigenvalue weighted by molar-refractivity contribution is 0.660. The first kappa shape index (κ1) is 88.1. The maximum atomic E-state index is 6.19. The van der Waals surface area contributed by atoms with Crippen LogP contribution in [0, 0.1) is 0 Å². The molecule has 694 valence electrons. The highest BCUT2D eigenvalue weighted by molar-refractivity contribution is 6.10. The minimum Gasteiger partial charge on any atom is -0.456 e. The Balaban J connectivity index is 0.000000113. The van der Waals surface area contributed by atoms with Crippen LogP contribution >= 0.6 is 0 Å². The van der Waals surface area contributed by atoms with Gasteiger partial charge in [0.05, 0.1) is 0 Å². The summed E-state index contributed by atoms with van der Waals surface area (Å²) in [7, 11) is 0. The molecule has 0 fully saturated rings. The van der Waals surface area contributed by atoms with Gasteiger partial charge < -0.3 is 28.0 Å². The molecule has 0 saturated carbocycles. The molecular weight excluding hydrogens is 1780 g/mol. The molecule has 1 aliphatic rings. The summed E-state index contributed by atoms with van der Waals surface area (Å²) >= 11 is 0. The van der Waals surface area contributed by atoms with Crippen LogP contribution in [0.3, 0.4) is 0 Å². The second-order valence-electron chi connectivity index (χ2n) is 38.6. The summed E-state index contributed by atoms with van der Waals surface area (Å²) in [5, 5.41) is 14.4. The number of hydrogen-bond acceptors (Lipinski definition) is 6. The molecule has 0 unspecified atom stereocenters. The molecule has 3 aromatic heterocycles. The number of rotatable bonds is 17. The van der Waals surface area contributed by atoms with Crippen LogP contribution in [0.1, 0.15) is 25.0 Å². The smallest absolute Gasteiger partial charge is 0.136 e. The molecule has 6 heteroatoms. The largest absolute Gasteiger partial charge is 0.456 e. The Labute approximate surface area is 853 Å². The summed E-state index contributed by atoms with van der Waals surface area (Å²) in [6.07, 6.45) is 0. The Kier molecular flexibility index (Phi) is 22.6. The van der Waals surface area contributed by atoms with Crippen LogP contribution in [-0.4, -0.2) is 0 Å². The zero-order valence-electron chi connectivity index (χ0n) is 81.1. The molecule has 27 aromatic rings. The summed E-state index contributed by atoms with van der Waals surface area (Å²) in [5.74, 6) is 0. The summed E-state index contributed by atoms with van der Waals surface area (Å²) in [4.78, 5) is 7.07. The average molecular weight is 1880 g/mol. The van der Waals surface area contributed by atoms with Crippen LogP contribution < -0.4 is 14.7 Å². The van der Waals surface area contributed by atoms with Crippen LogP contribution in [0.5, 0.6) is 0 Å². The van der Waals surface area contributed by atoms with E-state index in [0.29, 0.717) is 0 Å². The van der Waals surface area contributed by atoms with Crippen LogP contribution in [0.25, 0.3) is 198 Å². The molecule has 0 atom stereocenters. The maximum Gasteiger partial charge on any atom is 0.136 e. The van der Waals surface area contributed by atoms with Gasteiger partial charge in [-0.25, -0.2) is 0 Å². The SMILES string of the molecule is CC1(C)c2cc(-c3ccc4oc5ccccc5c4c3)ccc2-c2ccc(N(c3ccc(-c4cccc5ccccc45)cc3)c3ccc4ccccc4c3)cc21.c1ccc(-c2ccc(N(c3ccc(-c4ccc5c(c4)oc4ccccc45)cc3)c3ccc(-c4cccc5ccccc45)cc3)cc2)cc1.c1ccc(-c2ccc(N(c3ccc(-c4ccccc4)cc3)c3cccc(-c4ccc5oc6ccccc6c5c4)c3)cc2)cc1. The molecule has 6 nitrogen and oxygen atoms in total. The van der Waals surface area contributed by atoms with E-state index in [1.165, 1.54) is 121 Å². The normalized spacial score (nSPS) is 11.9. The number of para-hydroxylation sites is 3. The number of anilines is 9. The first-order chi connectivity index (χ1) is 72.6. The molecule has 0 spiro atoms. The molecule has 24 aromatic carbocycles. The monoisotopic (exact) mass is 1880 g/mol.